The van der Waals surface area contributed by atoms with Crippen molar-refractivity contribution in [3.05, 3.63) is 0 Å². The van der Waals surface area contributed by atoms with Crippen LogP contribution in [0.4, 0.5) is 4.39 Å². The number of halogens is 1. The largest absolute Gasteiger partial charge is 0.309 e. The van der Waals surface area contributed by atoms with Crippen LogP contribution in [0, 0.1) is 0 Å². The second-order valence-corrected chi connectivity index (χ2v) is 4.16. The summed E-state index contributed by atoms with van der Waals surface area (Å²) in [5.41, 5.74) is 0.144. The lowest BCUT2D eigenvalue weighted by molar-refractivity contribution is 0.135. The van der Waals surface area contributed by atoms with Gasteiger partial charge in [0.1, 0.15) is 6.17 Å². The Bertz CT molecular complexity index is 111. The van der Waals surface area contributed by atoms with Crippen LogP contribution in [0.3, 0.4) is 0 Å². The monoisotopic (exact) mass is 145 g/mol. The summed E-state index contributed by atoms with van der Waals surface area (Å²) in [6.45, 7) is 6.33. The topological polar surface area (TPSA) is 12.0 Å². The van der Waals surface area contributed by atoms with Gasteiger partial charge in [0, 0.05) is 11.6 Å². The first-order valence-electron chi connectivity index (χ1n) is 3.89. The minimum Gasteiger partial charge on any atom is -0.309 e. The zero-order valence-electron chi connectivity index (χ0n) is 6.95. The highest BCUT2D eigenvalue weighted by Crippen LogP contribution is 2.24. The first-order chi connectivity index (χ1) is 4.47. The third-order valence-electron chi connectivity index (χ3n) is 1.72. The Labute approximate surface area is 62.0 Å². The van der Waals surface area contributed by atoms with E-state index in [0.717, 1.165) is 0 Å². The molecule has 0 spiro atoms. The molecule has 0 heterocycles. The van der Waals surface area contributed by atoms with Crippen LogP contribution < -0.4 is 5.32 Å². The van der Waals surface area contributed by atoms with E-state index in [4.69, 9.17) is 0 Å². The number of hydrogen-bond acceptors (Lipinski definition) is 1. The summed E-state index contributed by atoms with van der Waals surface area (Å²) < 4.78 is 12.3. The summed E-state index contributed by atoms with van der Waals surface area (Å²) in [5, 5.41) is 3.35. The van der Waals surface area contributed by atoms with E-state index in [9.17, 15) is 4.39 Å². The summed E-state index contributed by atoms with van der Waals surface area (Å²) in [7, 11) is 0. The number of hydrogen-bond donors (Lipinski definition) is 1. The molecule has 0 bridgehead atoms. The summed E-state index contributed by atoms with van der Waals surface area (Å²) >= 11 is 0. The fraction of sp³-hybridized carbons (Fsp3) is 1.00. The molecule has 0 radical (unpaired) electrons. The lowest BCUT2D eigenvalue weighted by atomic mass is 9.89. The molecule has 0 aromatic carbocycles. The lowest BCUT2D eigenvalue weighted by Gasteiger charge is -2.36. The van der Waals surface area contributed by atoms with Crippen molar-refractivity contribution in [3.8, 4) is 0 Å². The Balaban J connectivity index is 2.16. The van der Waals surface area contributed by atoms with Gasteiger partial charge in [-0.05, 0) is 33.6 Å². The zero-order chi connectivity index (χ0) is 7.78. The molecule has 1 aliphatic carbocycles. The van der Waals surface area contributed by atoms with E-state index in [1.165, 1.54) is 0 Å². The second kappa shape index (κ2) is 2.50. The van der Waals surface area contributed by atoms with Crippen LogP contribution in [-0.4, -0.2) is 17.8 Å². The van der Waals surface area contributed by atoms with Crippen molar-refractivity contribution in [2.24, 2.45) is 0 Å². The minimum absolute atomic E-state index is 0.144. The molecule has 0 aromatic rings. The van der Waals surface area contributed by atoms with Crippen molar-refractivity contribution in [1.82, 2.24) is 5.32 Å². The van der Waals surface area contributed by atoms with Crippen molar-refractivity contribution < 1.29 is 4.39 Å². The van der Waals surface area contributed by atoms with Gasteiger partial charge in [0.25, 0.3) is 0 Å². The molecular formula is C8H16FN. The summed E-state index contributed by atoms with van der Waals surface area (Å²) in [5.74, 6) is 0. The molecule has 0 amide bonds. The predicted molar refractivity (Wildman–Crippen MR) is 40.8 cm³/mol. The molecular weight excluding hydrogens is 129 g/mol. The van der Waals surface area contributed by atoms with Gasteiger partial charge in [-0.2, -0.15) is 0 Å². The zero-order valence-corrected chi connectivity index (χ0v) is 6.95. The Hall–Kier alpha value is -0.110. The normalized spacial score (nSPS) is 33.6. The highest BCUT2D eigenvalue weighted by molar-refractivity contribution is 4.89. The summed E-state index contributed by atoms with van der Waals surface area (Å²) in [6.07, 6.45) is 0.869. The van der Waals surface area contributed by atoms with Gasteiger partial charge < -0.3 is 5.32 Å². The van der Waals surface area contributed by atoms with E-state index in [1.807, 2.05) is 0 Å². The molecule has 10 heavy (non-hydrogen) atoms. The van der Waals surface area contributed by atoms with Crippen LogP contribution >= 0.6 is 0 Å². The smallest absolute Gasteiger partial charge is 0.103 e. The van der Waals surface area contributed by atoms with Crippen molar-refractivity contribution in [2.45, 2.75) is 51.4 Å². The van der Waals surface area contributed by atoms with Crippen molar-refractivity contribution >= 4 is 0 Å². The molecule has 1 aliphatic rings. The van der Waals surface area contributed by atoms with Crippen molar-refractivity contribution in [3.63, 3.8) is 0 Å². The predicted octanol–water partition coefficient (Wildman–Crippen LogP) is 1.88. The third-order valence-corrected chi connectivity index (χ3v) is 1.72. The average molecular weight is 145 g/mol. The highest BCUT2D eigenvalue weighted by Gasteiger charge is 2.30. The lowest BCUT2D eigenvalue weighted by Crippen LogP contribution is -2.50. The van der Waals surface area contributed by atoms with E-state index >= 15 is 0 Å². The van der Waals surface area contributed by atoms with Crippen LogP contribution in [0.2, 0.25) is 0 Å². The average Bonchev–Trinajstić information content (AvgIpc) is 1.57. The Morgan fingerprint density at radius 1 is 1.30 bits per heavy atom. The van der Waals surface area contributed by atoms with E-state index in [1.54, 1.807) is 0 Å². The molecule has 0 aliphatic heterocycles. The standard InChI is InChI=1S/C8H16FN/c1-8(2,3)10-7-4-6(9)5-7/h6-7,10H,4-5H2,1-3H3/t6-,7+. The van der Waals surface area contributed by atoms with Gasteiger partial charge in [-0.25, -0.2) is 4.39 Å². The molecule has 0 atom stereocenters. The van der Waals surface area contributed by atoms with Gasteiger partial charge in [-0.1, -0.05) is 0 Å². The number of rotatable bonds is 1. The molecule has 0 unspecified atom stereocenters. The van der Waals surface area contributed by atoms with E-state index in [2.05, 4.69) is 26.1 Å². The van der Waals surface area contributed by atoms with Crippen molar-refractivity contribution in [2.75, 3.05) is 0 Å². The molecule has 1 saturated carbocycles. The van der Waals surface area contributed by atoms with Gasteiger partial charge in [-0.15, -0.1) is 0 Å². The molecule has 60 valence electrons. The van der Waals surface area contributed by atoms with E-state index < -0.39 is 6.17 Å². The molecule has 2 heteroatoms. The molecule has 1 nitrogen and oxygen atoms in total. The summed E-state index contributed by atoms with van der Waals surface area (Å²) in [6, 6.07) is 0.426. The number of nitrogens with one attached hydrogen (secondary N) is 1. The molecule has 1 N–H and O–H groups in total. The maximum absolute atomic E-state index is 12.3. The minimum atomic E-state index is -0.542. The van der Waals surface area contributed by atoms with Gasteiger partial charge >= 0.3 is 0 Å². The first-order valence-corrected chi connectivity index (χ1v) is 3.89. The Morgan fingerprint density at radius 2 is 1.80 bits per heavy atom. The van der Waals surface area contributed by atoms with Crippen LogP contribution in [0.15, 0.2) is 0 Å². The SMILES string of the molecule is CC(C)(C)N[C@H]1C[C@@H](F)C1. The summed E-state index contributed by atoms with van der Waals surface area (Å²) in [4.78, 5) is 0. The number of alkyl halides is 1. The van der Waals surface area contributed by atoms with Gasteiger partial charge in [0.2, 0.25) is 0 Å². The molecule has 0 saturated heterocycles. The van der Waals surface area contributed by atoms with Crippen molar-refractivity contribution in [1.29, 1.82) is 0 Å². The highest BCUT2D eigenvalue weighted by atomic mass is 19.1. The quantitative estimate of drug-likeness (QED) is 0.594. The van der Waals surface area contributed by atoms with E-state index in [-0.39, 0.29) is 5.54 Å². The van der Waals surface area contributed by atoms with Crippen LogP contribution in [0.1, 0.15) is 33.6 Å². The fourth-order valence-corrected chi connectivity index (χ4v) is 1.28. The maximum Gasteiger partial charge on any atom is 0.103 e. The maximum atomic E-state index is 12.3. The Kier molecular flexibility index (Phi) is 1.99. The van der Waals surface area contributed by atoms with Crippen LogP contribution in [0.5, 0.6) is 0 Å². The van der Waals surface area contributed by atoms with Gasteiger partial charge in [0.15, 0.2) is 0 Å². The van der Waals surface area contributed by atoms with Gasteiger partial charge in [-0.3, -0.25) is 0 Å². The third kappa shape index (κ3) is 2.25. The second-order valence-electron chi connectivity index (χ2n) is 4.16. The first kappa shape index (κ1) is 7.99. The molecule has 1 rings (SSSR count). The van der Waals surface area contributed by atoms with Gasteiger partial charge in [0.05, 0.1) is 0 Å². The van der Waals surface area contributed by atoms with Crippen LogP contribution in [-0.2, 0) is 0 Å². The molecule has 1 fully saturated rings. The fourth-order valence-electron chi connectivity index (χ4n) is 1.28. The molecule has 0 aromatic heterocycles. The van der Waals surface area contributed by atoms with Crippen LogP contribution in [0.25, 0.3) is 0 Å². The van der Waals surface area contributed by atoms with E-state index in [0.29, 0.717) is 18.9 Å². The Morgan fingerprint density at radius 3 is 2.10 bits per heavy atom.